The van der Waals surface area contributed by atoms with Gasteiger partial charge >= 0.3 is 0 Å². The van der Waals surface area contributed by atoms with E-state index in [1.165, 1.54) is 24.3 Å². The Bertz CT molecular complexity index is 671. The number of nitrogens with one attached hydrogen (secondary N) is 1. The third-order valence-electron chi connectivity index (χ3n) is 2.54. The van der Waals surface area contributed by atoms with E-state index < -0.39 is 16.6 Å². The maximum atomic E-state index is 13.0. The van der Waals surface area contributed by atoms with Gasteiger partial charge in [0.05, 0.1) is 10.5 Å². The van der Waals surface area contributed by atoms with Crippen molar-refractivity contribution in [2.75, 3.05) is 5.32 Å². The van der Waals surface area contributed by atoms with E-state index in [1.807, 2.05) is 0 Å². The molecule has 2 aromatic rings. The van der Waals surface area contributed by atoms with Crippen LogP contribution in [0.15, 0.2) is 42.5 Å². The first-order chi connectivity index (χ1) is 9.47. The molecule has 0 saturated heterocycles. The number of nitro benzene ring substituents is 1. The number of phenolic OH excluding ortho intramolecular Hbond substituents is 1. The molecule has 1 amide bonds. The van der Waals surface area contributed by atoms with Crippen LogP contribution in [0.1, 0.15) is 10.4 Å². The molecule has 0 aliphatic rings. The van der Waals surface area contributed by atoms with Gasteiger partial charge < -0.3 is 10.4 Å². The van der Waals surface area contributed by atoms with E-state index >= 15 is 0 Å². The maximum Gasteiger partial charge on any atom is 0.269 e. The first-order valence-electron chi connectivity index (χ1n) is 5.51. The van der Waals surface area contributed by atoms with Gasteiger partial charge in [0.25, 0.3) is 11.6 Å². The highest BCUT2D eigenvalue weighted by molar-refractivity contribution is 6.06. The summed E-state index contributed by atoms with van der Waals surface area (Å²) < 4.78 is 13.0. The predicted octanol–water partition coefficient (Wildman–Crippen LogP) is 2.69. The number of phenols is 1. The summed E-state index contributed by atoms with van der Waals surface area (Å²) in [5.41, 5.74) is -0.0378. The van der Waals surface area contributed by atoms with Crippen molar-refractivity contribution in [1.29, 1.82) is 0 Å². The predicted molar refractivity (Wildman–Crippen MR) is 69.1 cm³/mol. The molecule has 0 fully saturated rings. The molecule has 0 aromatic heterocycles. The number of hydrogen-bond donors (Lipinski definition) is 2. The number of nitro groups is 1. The minimum Gasteiger partial charge on any atom is -0.507 e. The number of benzene rings is 2. The highest BCUT2D eigenvalue weighted by Gasteiger charge is 2.13. The number of carbonyl (C=O) groups excluding carboxylic acids is 1. The lowest BCUT2D eigenvalue weighted by Gasteiger charge is -2.06. The Labute approximate surface area is 112 Å². The quantitative estimate of drug-likeness (QED) is 0.665. The SMILES string of the molecule is O=C(Nc1ccc([N+](=O)[O-])cc1)c1cc(F)ccc1O. The average molecular weight is 276 g/mol. The minimum atomic E-state index is -0.712. The van der Waals surface area contributed by atoms with Gasteiger partial charge in [-0.25, -0.2) is 4.39 Å². The molecule has 0 bridgehead atoms. The van der Waals surface area contributed by atoms with Crippen molar-refractivity contribution in [2.24, 2.45) is 0 Å². The highest BCUT2D eigenvalue weighted by atomic mass is 19.1. The number of halogens is 1. The van der Waals surface area contributed by atoms with Crippen LogP contribution in [0, 0.1) is 15.9 Å². The molecule has 102 valence electrons. The fourth-order valence-corrected chi connectivity index (χ4v) is 1.56. The maximum absolute atomic E-state index is 13.0. The van der Waals surface area contributed by atoms with E-state index in [9.17, 15) is 24.4 Å². The Balaban J connectivity index is 2.19. The van der Waals surface area contributed by atoms with Gasteiger partial charge in [-0.3, -0.25) is 14.9 Å². The molecular formula is C13H9FN2O4. The number of rotatable bonds is 3. The van der Waals surface area contributed by atoms with Crippen molar-refractivity contribution in [3.63, 3.8) is 0 Å². The number of anilines is 1. The van der Waals surface area contributed by atoms with Crippen LogP contribution in [0.5, 0.6) is 5.75 Å². The molecule has 0 unspecified atom stereocenters. The van der Waals surface area contributed by atoms with Crippen molar-refractivity contribution in [1.82, 2.24) is 0 Å². The molecule has 0 aliphatic heterocycles. The summed E-state index contributed by atoms with van der Waals surface area (Å²) in [4.78, 5) is 21.8. The molecule has 2 aromatic carbocycles. The van der Waals surface area contributed by atoms with Crippen LogP contribution < -0.4 is 5.32 Å². The van der Waals surface area contributed by atoms with Crippen LogP contribution in [0.2, 0.25) is 0 Å². The molecular weight excluding hydrogens is 267 g/mol. The highest BCUT2D eigenvalue weighted by Crippen LogP contribution is 2.20. The van der Waals surface area contributed by atoms with Gasteiger partial charge in [0, 0.05) is 17.8 Å². The zero-order valence-corrected chi connectivity index (χ0v) is 10.0. The fourth-order valence-electron chi connectivity index (χ4n) is 1.56. The molecule has 0 atom stereocenters. The Morgan fingerprint density at radius 1 is 1.20 bits per heavy atom. The van der Waals surface area contributed by atoms with Crippen LogP contribution in [-0.2, 0) is 0 Å². The lowest BCUT2D eigenvalue weighted by molar-refractivity contribution is -0.384. The van der Waals surface area contributed by atoms with Gasteiger partial charge in [0.1, 0.15) is 11.6 Å². The second kappa shape index (κ2) is 5.35. The number of non-ortho nitro benzene ring substituents is 1. The molecule has 0 aliphatic carbocycles. The van der Waals surface area contributed by atoms with Gasteiger partial charge in [0.2, 0.25) is 0 Å². The van der Waals surface area contributed by atoms with Crippen molar-refractivity contribution in [3.8, 4) is 5.75 Å². The molecule has 2 N–H and O–H groups in total. The summed E-state index contributed by atoms with van der Waals surface area (Å²) in [5.74, 6) is -1.72. The molecule has 0 spiro atoms. The van der Waals surface area contributed by atoms with Crippen molar-refractivity contribution < 1.29 is 19.2 Å². The Morgan fingerprint density at radius 2 is 1.85 bits per heavy atom. The largest absolute Gasteiger partial charge is 0.507 e. The average Bonchev–Trinajstić information content (AvgIpc) is 2.42. The normalized spacial score (nSPS) is 10.1. The number of carbonyl (C=O) groups is 1. The van der Waals surface area contributed by atoms with Crippen LogP contribution in [0.4, 0.5) is 15.8 Å². The summed E-state index contributed by atoms with van der Waals surface area (Å²) in [7, 11) is 0. The Morgan fingerprint density at radius 3 is 2.45 bits per heavy atom. The van der Waals surface area contributed by atoms with Crippen molar-refractivity contribution >= 4 is 17.3 Å². The number of aromatic hydroxyl groups is 1. The van der Waals surface area contributed by atoms with Gasteiger partial charge in [-0.15, -0.1) is 0 Å². The van der Waals surface area contributed by atoms with E-state index in [0.29, 0.717) is 5.69 Å². The topological polar surface area (TPSA) is 92.5 Å². The van der Waals surface area contributed by atoms with E-state index in [2.05, 4.69) is 5.32 Å². The van der Waals surface area contributed by atoms with Crippen LogP contribution in [0.25, 0.3) is 0 Å². The van der Waals surface area contributed by atoms with E-state index in [0.717, 1.165) is 18.2 Å². The number of nitrogens with zero attached hydrogens (tertiary/aromatic N) is 1. The first kappa shape index (κ1) is 13.5. The summed E-state index contributed by atoms with van der Waals surface area (Å²) in [6.45, 7) is 0. The molecule has 0 heterocycles. The van der Waals surface area contributed by atoms with E-state index in [-0.39, 0.29) is 17.0 Å². The summed E-state index contributed by atoms with van der Waals surface area (Å²) in [6.07, 6.45) is 0. The number of hydrogen-bond acceptors (Lipinski definition) is 4. The first-order valence-corrected chi connectivity index (χ1v) is 5.51. The standard InChI is InChI=1S/C13H9FN2O4/c14-8-1-6-12(17)11(7-8)13(18)15-9-2-4-10(5-3-9)16(19)20/h1-7,17H,(H,15,18). The van der Waals surface area contributed by atoms with E-state index in [1.54, 1.807) is 0 Å². The lowest BCUT2D eigenvalue weighted by Crippen LogP contribution is -2.12. The van der Waals surface area contributed by atoms with Crippen molar-refractivity contribution in [2.45, 2.75) is 0 Å². The number of amides is 1. The molecule has 20 heavy (non-hydrogen) atoms. The Kier molecular flexibility index (Phi) is 3.60. The molecule has 6 nitrogen and oxygen atoms in total. The second-order valence-corrected chi connectivity index (χ2v) is 3.92. The Hall–Kier alpha value is -2.96. The zero-order chi connectivity index (χ0) is 14.7. The third kappa shape index (κ3) is 2.89. The van der Waals surface area contributed by atoms with Crippen LogP contribution in [0.3, 0.4) is 0 Å². The fraction of sp³-hybridized carbons (Fsp3) is 0. The second-order valence-electron chi connectivity index (χ2n) is 3.92. The molecule has 0 radical (unpaired) electrons. The zero-order valence-electron chi connectivity index (χ0n) is 10.0. The third-order valence-corrected chi connectivity index (χ3v) is 2.54. The van der Waals surface area contributed by atoms with Gasteiger partial charge in [-0.05, 0) is 30.3 Å². The molecule has 7 heteroatoms. The molecule has 2 rings (SSSR count). The summed E-state index contributed by atoms with van der Waals surface area (Å²) in [6, 6.07) is 8.12. The summed E-state index contributed by atoms with van der Waals surface area (Å²) in [5, 5.41) is 22.4. The molecule has 0 saturated carbocycles. The van der Waals surface area contributed by atoms with Gasteiger partial charge in [0.15, 0.2) is 0 Å². The smallest absolute Gasteiger partial charge is 0.269 e. The van der Waals surface area contributed by atoms with Crippen LogP contribution >= 0.6 is 0 Å². The minimum absolute atomic E-state index is 0.114. The monoisotopic (exact) mass is 276 g/mol. The van der Waals surface area contributed by atoms with E-state index in [4.69, 9.17) is 0 Å². The summed E-state index contributed by atoms with van der Waals surface area (Å²) >= 11 is 0. The van der Waals surface area contributed by atoms with Crippen LogP contribution in [-0.4, -0.2) is 15.9 Å². The lowest BCUT2D eigenvalue weighted by atomic mass is 10.1. The van der Waals surface area contributed by atoms with Gasteiger partial charge in [-0.2, -0.15) is 0 Å². The van der Waals surface area contributed by atoms with Crippen molar-refractivity contribution in [3.05, 3.63) is 64.0 Å². The van der Waals surface area contributed by atoms with Gasteiger partial charge in [-0.1, -0.05) is 0 Å².